The van der Waals surface area contributed by atoms with Crippen LogP contribution in [0.4, 0.5) is 0 Å². The summed E-state index contributed by atoms with van der Waals surface area (Å²) in [7, 11) is 0. The third-order valence-corrected chi connectivity index (χ3v) is 1.91. The maximum Gasteiger partial charge on any atom is 0.303 e. The molecule has 0 aromatic carbocycles. The molecule has 6 heteroatoms. The van der Waals surface area contributed by atoms with Crippen LogP contribution in [0.25, 0.3) is 5.65 Å². The Labute approximate surface area is 79.2 Å². The van der Waals surface area contributed by atoms with Gasteiger partial charge in [-0.25, -0.2) is 4.52 Å². The average molecular weight is 192 g/mol. The Morgan fingerprint density at radius 2 is 2.43 bits per heavy atom. The Hall–Kier alpha value is -1.98. The third kappa shape index (κ3) is 1.54. The van der Waals surface area contributed by atoms with Crippen LogP contribution in [0.2, 0.25) is 0 Å². The molecule has 2 rings (SSSR count). The first-order valence-electron chi connectivity index (χ1n) is 4.15. The van der Waals surface area contributed by atoms with Gasteiger partial charge in [0.05, 0.1) is 0 Å². The van der Waals surface area contributed by atoms with Gasteiger partial charge in [0.15, 0.2) is 5.65 Å². The van der Waals surface area contributed by atoms with E-state index in [1.807, 2.05) is 6.07 Å². The van der Waals surface area contributed by atoms with E-state index in [-0.39, 0.29) is 6.42 Å². The van der Waals surface area contributed by atoms with Crippen molar-refractivity contribution in [3.63, 3.8) is 0 Å². The van der Waals surface area contributed by atoms with E-state index in [1.165, 1.54) is 4.52 Å². The van der Waals surface area contributed by atoms with Gasteiger partial charge in [-0.1, -0.05) is 6.07 Å². The van der Waals surface area contributed by atoms with Crippen molar-refractivity contribution in [3.05, 3.63) is 23.9 Å². The molecule has 0 spiro atoms. The Morgan fingerprint density at radius 1 is 1.57 bits per heavy atom. The number of fused-ring (bicyclic) bond motifs is 1. The summed E-state index contributed by atoms with van der Waals surface area (Å²) >= 11 is 0. The molecule has 0 amide bonds. The topological polar surface area (TPSA) is 80.4 Å². The lowest BCUT2D eigenvalue weighted by Crippen LogP contribution is -1.99. The lowest BCUT2D eigenvalue weighted by atomic mass is 10.1. The van der Waals surface area contributed by atoms with E-state index in [2.05, 4.69) is 15.5 Å². The number of pyridine rings is 1. The van der Waals surface area contributed by atoms with Crippen LogP contribution in [-0.4, -0.2) is 31.1 Å². The van der Waals surface area contributed by atoms with Gasteiger partial charge in [0.2, 0.25) is 0 Å². The van der Waals surface area contributed by atoms with Gasteiger partial charge in [-0.05, 0) is 28.5 Å². The van der Waals surface area contributed by atoms with E-state index in [4.69, 9.17) is 5.11 Å². The molecule has 0 bridgehead atoms. The van der Waals surface area contributed by atoms with E-state index in [0.29, 0.717) is 12.1 Å². The molecule has 14 heavy (non-hydrogen) atoms. The molecule has 0 aliphatic carbocycles. The average Bonchev–Trinajstić information content (AvgIpc) is 2.62. The molecule has 0 radical (unpaired) electrons. The second kappa shape index (κ2) is 3.41. The van der Waals surface area contributed by atoms with E-state index in [1.54, 1.807) is 12.3 Å². The number of aryl methyl sites for hydroxylation is 1. The van der Waals surface area contributed by atoms with Crippen molar-refractivity contribution < 1.29 is 9.90 Å². The number of carbonyl (C=O) groups is 1. The highest BCUT2D eigenvalue weighted by atomic mass is 16.4. The molecule has 0 fully saturated rings. The predicted octanol–water partition coefficient (Wildman–Crippen LogP) is 0.141. The molecule has 0 saturated carbocycles. The molecule has 6 nitrogen and oxygen atoms in total. The molecule has 0 aliphatic rings. The smallest absolute Gasteiger partial charge is 0.303 e. The molecule has 2 aromatic rings. The van der Waals surface area contributed by atoms with E-state index in [0.717, 1.165) is 5.56 Å². The summed E-state index contributed by atoms with van der Waals surface area (Å²) in [5.41, 5.74) is 1.47. The minimum Gasteiger partial charge on any atom is -0.481 e. The summed E-state index contributed by atoms with van der Waals surface area (Å²) in [6.45, 7) is 0. The molecule has 0 unspecified atom stereocenters. The normalized spacial score (nSPS) is 10.6. The number of tetrazole rings is 1. The second-order valence-electron chi connectivity index (χ2n) is 2.87. The summed E-state index contributed by atoms with van der Waals surface area (Å²) in [4.78, 5) is 10.4. The van der Waals surface area contributed by atoms with Crippen LogP contribution in [0.1, 0.15) is 12.0 Å². The van der Waals surface area contributed by atoms with Gasteiger partial charge in [-0.2, -0.15) is 0 Å². The Morgan fingerprint density at radius 3 is 3.21 bits per heavy atom. The van der Waals surface area contributed by atoms with Gasteiger partial charge < -0.3 is 5.11 Å². The fourth-order valence-corrected chi connectivity index (χ4v) is 1.26. The van der Waals surface area contributed by atoms with Crippen molar-refractivity contribution in [2.24, 2.45) is 0 Å². The third-order valence-electron chi connectivity index (χ3n) is 1.91. The van der Waals surface area contributed by atoms with Crippen LogP contribution in [0, 0.1) is 0 Å². The highest BCUT2D eigenvalue weighted by molar-refractivity contribution is 5.67. The minimum absolute atomic E-state index is 0.0898. The summed E-state index contributed by atoms with van der Waals surface area (Å²) in [5.74, 6) is -0.820. The summed E-state index contributed by atoms with van der Waals surface area (Å²) in [6.07, 6.45) is 2.26. The number of hydrogen-bond acceptors (Lipinski definition) is 4. The Balaban J connectivity index is 2.32. The van der Waals surface area contributed by atoms with E-state index >= 15 is 0 Å². The van der Waals surface area contributed by atoms with Gasteiger partial charge in [0.25, 0.3) is 0 Å². The minimum atomic E-state index is -0.820. The number of nitrogens with zero attached hydrogens (tertiary/aromatic N) is 4. The maximum atomic E-state index is 10.4. The standard InChI is InChI=1S/C8H8N4O2/c13-7(14)4-3-6-2-1-5-12-8(6)9-10-11-12/h1-2,5H,3-4H2,(H,13,14). The Bertz CT molecular complexity index is 465. The lowest BCUT2D eigenvalue weighted by Gasteiger charge is -1.98. The highest BCUT2D eigenvalue weighted by Gasteiger charge is 2.05. The van der Waals surface area contributed by atoms with Gasteiger partial charge in [-0.15, -0.1) is 5.10 Å². The number of carboxylic acids is 1. The number of rotatable bonds is 3. The predicted molar refractivity (Wildman–Crippen MR) is 46.7 cm³/mol. The maximum absolute atomic E-state index is 10.4. The molecule has 1 N–H and O–H groups in total. The van der Waals surface area contributed by atoms with Crippen molar-refractivity contribution >= 4 is 11.6 Å². The zero-order valence-electron chi connectivity index (χ0n) is 7.29. The van der Waals surface area contributed by atoms with Crippen molar-refractivity contribution in [1.82, 2.24) is 20.0 Å². The summed E-state index contributed by atoms with van der Waals surface area (Å²) in [6, 6.07) is 3.62. The van der Waals surface area contributed by atoms with E-state index < -0.39 is 5.97 Å². The van der Waals surface area contributed by atoms with Gasteiger partial charge >= 0.3 is 5.97 Å². The van der Waals surface area contributed by atoms with Crippen LogP contribution in [0.15, 0.2) is 18.3 Å². The summed E-state index contributed by atoms with van der Waals surface area (Å²) < 4.78 is 1.52. The zero-order chi connectivity index (χ0) is 9.97. The zero-order valence-corrected chi connectivity index (χ0v) is 7.29. The molecule has 0 aliphatic heterocycles. The van der Waals surface area contributed by atoms with Crippen LogP contribution in [0.3, 0.4) is 0 Å². The van der Waals surface area contributed by atoms with Crippen molar-refractivity contribution in [2.75, 3.05) is 0 Å². The van der Waals surface area contributed by atoms with Crippen molar-refractivity contribution in [2.45, 2.75) is 12.8 Å². The lowest BCUT2D eigenvalue weighted by molar-refractivity contribution is -0.136. The molecule has 0 atom stereocenters. The molecule has 0 saturated heterocycles. The van der Waals surface area contributed by atoms with Gasteiger partial charge in [0, 0.05) is 12.6 Å². The fourth-order valence-electron chi connectivity index (χ4n) is 1.26. The molecular weight excluding hydrogens is 184 g/mol. The van der Waals surface area contributed by atoms with Crippen molar-refractivity contribution in [3.8, 4) is 0 Å². The quantitative estimate of drug-likeness (QED) is 0.748. The van der Waals surface area contributed by atoms with Crippen LogP contribution >= 0.6 is 0 Å². The Kier molecular flexibility index (Phi) is 2.10. The number of hydrogen-bond donors (Lipinski definition) is 1. The van der Waals surface area contributed by atoms with E-state index in [9.17, 15) is 4.79 Å². The first kappa shape index (κ1) is 8.61. The molecule has 2 heterocycles. The second-order valence-corrected chi connectivity index (χ2v) is 2.87. The van der Waals surface area contributed by atoms with Crippen LogP contribution in [0.5, 0.6) is 0 Å². The van der Waals surface area contributed by atoms with Crippen LogP contribution in [-0.2, 0) is 11.2 Å². The first-order valence-corrected chi connectivity index (χ1v) is 4.15. The van der Waals surface area contributed by atoms with Crippen LogP contribution < -0.4 is 0 Å². The summed E-state index contributed by atoms with van der Waals surface area (Å²) in [5, 5.41) is 19.6. The SMILES string of the molecule is O=C(O)CCc1cccn2nnnc12. The monoisotopic (exact) mass is 192 g/mol. The number of carboxylic acid groups (broad SMARTS) is 1. The number of aliphatic carboxylic acids is 1. The van der Waals surface area contributed by atoms with Gasteiger partial charge in [-0.3, -0.25) is 4.79 Å². The molecule has 2 aromatic heterocycles. The molecule has 72 valence electrons. The number of aromatic nitrogens is 4. The first-order chi connectivity index (χ1) is 6.77. The molecular formula is C8H8N4O2. The highest BCUT2D eigenvalue weighted by Crippen LogP contribution is 2.08. The van der Waals surface area contributed by atoms with Crippen molar-refractivity contribution in [1.29, 1.82) is 0 Å². The largest absolute Gasteiger partial charge is 0.481 e. The van der Waals surface area contributed by atoms with Gasteiger partial charge in [0.1, 0.15) is 0 Å². The fraction of sp³-hybridized carbons (Fsp3) is 0.250.